The van der Waals surface area contributed by atoms with Gasteiger partial charge in [-0.05, 0) is 37.1 Å². The van der Waals surface area contributed by atoms with Crippen LogP contribution in [-0.4, -0.2) is 12.9 Å². The number of ether oxygens (including phenoxy) is 1. The maximum atomic E-state index is 12.0. The maximum absolute atomic E-state index is 12.0. The third kappa shape index (κ3) is 3.26. The van der Waals surface area contributed by atoms with Crippen molar-refractivity contribution in [2.24, 2.45) is 0 Å². The summed E-state index contributed by atoms with van der Waals surface area (Å²) in [4.78, 5) is 0. The van der Waals surface area contributed by atoms with Gasteiger partial charge in [-0.2, -0.15) is 0 Å². The van der Waals surface area contributed by atoms with Gasteiger partial charge in [0.05, 0.1) is 5.02 Å². The average molecular weight is 266 g/mol. The first-order valence-corrected chi connectivity index (χ1v) is 5.62. The van der Waals surface area contributed by atoms with Crippen LogP contribution in [0.2, 0.25) is 5.02 Å². The fourth-order valence-corrected chi connectivity index (χ4v) is 2.14. The number of rotatable bonds is 2. The van der Waals surface area contributed by atoms with Gasteiger partial charge in [0.15, 0.2) is 0 Å². The third-order valence-electron chi connectivity index (χ3n) is 2.64. The second-order valence-corrected chi connectivity index (χ2v) is 4.29. The van der Waals surface area contributed by atoms with E-state index in [9.17, 15) is 13.2 Å². The van der Waals surface area contributed by atoms with E-state index in [1.165, 1.54) is 12.1 Å². The molecule has 6 heteroatoms. The topological polar surface area (TPSA) is 21.3 Å². The number of hydrogen-bond donors (Lipinski definition) is 1. The highest BCUT2D eigenvalue weighted by Gasteiger charge is 2.32. The molecule has 0 bridgehead atoms. The van der Waals surface area contributed by atoms with Crippen LogP contribution in [0, 0.1) is 0 Å². The zero-order valence-corrected chi connectivity index (χ0v) is 9.61. The molecule has 1 aromatic carbocycles. The van der Waals surface area contributed by atoms with Crippen molar-refractivity contribution in [3.05, 3.63) is 28.8 Å². The molecule has 94 valence electrons. The second kappa shape index (κ2) is 4.74. The number of nitrogens with one attached hydrogen (secondary N) is 1. The molecule has 1 heterocycles. The summed E-state index contributed by atoms with van der Waals surface area (Å²) in [7, 11) is 0. The van der Waals surface area contributed by atoms with E-state index in [0.29, 0.717) is 0 Å². The SMILES string of the molecule is FC(F)(F)Oc1ccc([C@@H]2CCCN2)cc1Cl. The van der Waals surface area contributed by atoms with E-state index < -0.39 is 6.36 Å². The van der Waals surface area contributed by atoms with E-state index in [1.54, 1.807) is 6.07 Å². The largest absolute Gasteiger partial charge is 0.573 e. The standard InChI is InChI=1S/C11H11ClF3NO/c12-8-6-7(9-2-1-5-16-9)3-4-10(8)17-11(13,14)15/h3-4,6,9,16H,1-2,5H2/t9-/m0/s1. The predicted molar refractivity (Wildman–Crippen MR) is 58.1 cm³/mol. The molecule has 0 spiro atoms. The summed E-state index contributed by atoms with van der Waals surface area (Å²) in [5.41, 5.74) is 0.891. The van der Waals surface area contributed by atoms with Crippen LogP contribution < -0.4 is 10.1 Å². The van der Waals surface area contributed by atoms with Gasteiger partial charge in [-0.25, -0.2) is 0 Å². The van der Waals surface area contributed by atoms with Gasteiger partial charge in [0.25, 0.3) is 0 Å². The van der Waals surface area contributed by atoms with Gasteiger partial charge in [-0.1, -0.05) is 17.7 Å². The number of hydrogen-bond acceptors (Lipinski definition) is 2. The van der Waals surface area contributed by atoms with Gasteiger partial charge < -0.3 is 10.1 Å². The molecule has 0 saturated carbocycles. The minimum absolute atomic E-state index is 0.0199. The van der Waals surface area contributed by atoms with Crippen LogP contribution in [0.1, 0.15) is 24.4 Å². The molecule has 2 nitrogen and oxygen atoms in total. The van der Waals surface area contributed by atoms with Crippen molar-refractivity contribution in [3.63, 3.8) is 0 Å². The minimum atomic E-state index is -4.71. The Labute approximate surface area is 102 Å². The van der Waals surface area contributed by atoms with E-state index in [2.05, 4.69) is 10.1 Å². The molecular weight excluding hydrogens is 255 g/mol. The molecule has 0 unspecified atom stereocenters. The molecule has 0 amide bonds. The van der Waals surface area contributed by atoms with Crippen LogP contribution in [0.4, 0.5) is 13.2 Å². The molecular formula is C11H11ClF3NO. The Morgan fingerprint density at radius 2 is 2.12 bits per heavy atom. The summed E-state index contributed by atoms with van der Waals surface area (Å²) < 4.78 is 39.9. The van der Waals surface area contributed by atoms with Gasteiger partial charge >= 0.3 is 6.36 Å². The molecule has 1 N–H and O–H groups in total. The molecule has 1 saturated heterocycles. The van der Waals surface area contributed by atoms with E-state index >= 15 is 0 Å². The second-order valence-electron chi connectivity index (χ2n) is 3.89. The highest BCUT2D eigenvalue weighted by atomic mass is 35.5. The zero-order valence-electron chi connectivity index (χ0n) is 8.85. The minimum Gasteiger partial charge on any atom is -0.404 e. The van der Waals surface area contributed by atoms with Crippen molar-refractivity contribution in [3.8, 4) is 5.75 Å². The van der Waals surface area contributed by atoms with Crippen molar-refractivity contribution >= 4 is 11.6 Å². The summed E-state index contributed by atoms with van der Waals surface area (Å²) >= 11 is 5.76. The summed E-state index contributed by atoms with van der Waals surface area (Å²) in [6.07, 6.45) is -2.68. The smallest absolute Gasteiger partial charge is 0.404 e. The molecule has 0 aliphatic carbocycles. The molecule has 1 aliphatic rings. The molecule has 1 atom stereocenters. The first-order chi connectivity index (χ1) is 7.96. The Kier molecular flexibility index (Phi) is 3.49. The summed E-state index contributed by atoms with van der Waals surface area (Å²) in [5, 5.41) is 3.23. The van der Waals surface area contributed by atoms with Crippen LogP contribution >= 0.6 is 11.6 Å². The molecule has 17 heavy (non-hydrogen) atoms. The van der Waals surface area contributed by atoms with Crippen molar-refractivity contribution < 1.29 is 17.9 Å². The van der Waals surface area contributed by atoms with Crippen LogP contribution in [0.5, 0.6) is 5.75 Å². The van der Waals surface area contributed by atoms with Gasteiger partial charge in [-0.3, -0.25) is 0 Å². The lowest BCUT2D eigenvalue weighted by molar-refractivity contribution is -0.274. The van der Waals surface area contributed by atoms with Crippen molar-refractivity contribution in [2.75, 3.05) is 6.54 Å². The lowest BCUT2D eigenvalue weighted by atomic mass is 10.1. The molecule has 0 radical (unpaired) electrons. The van der Waals surface area contributed by atoms with Crippen molar-refractivity contribution in [2.45, 2.75) is 25.2 Å². The van der Waals surface area contributed by atoms with Crippen LogP contribution in [-0.2, 0) is 0 Å². The highest BCUT2D eigenvalue weighted by molar-refractivity contribution is 6.32. The Morgan fingerprint density at radius 3 is 2.65 bits per heavy atom. The number of halogens is 4. The van der Waals surface area contributed by atoms with E-state index in [4.69, 9.17) is 11.6 Å². The zero-order chi connectivity index (χ0) is 12.5. The van der Waals surface area contributed by atoms with Crippen LogP contribution in [0.15, 0.2) is 18.2 Å². The number of benzene rings is 1. The Bertz CT molecular complexity index is 402. The summed E-state index contributed by atoms with van der Waals surface area (Å²) in [6.45, 7) is 0.920. The van der Waals surface area contributed by atoms with Gasteiger partial charge in [0, 0.05) is 6.04 Å². The van der Waals surface area contributed by atoms with Crippen molar-refractivity contribution in [1.82, 2.24) is 5.32 Å². The molecule has 1 aromatic rings. The molecule has 1 fully saturated rings. The first-order valence-electron chi connectivity index (χ1n) is 5.24. The maximum Gasteiger partial charge on any atom is 0.573 e. The molecule has 2 rings (SSSR count). The molecule has 1 aliphatic heterocycles. The third-order valence-corrected chi connectivity index (χ3v) is 2.94. The lowest BCUT2D eigenvalue weighted by Gasteiger charge is -2.14. The van der Waals surface area contributed by atoms with E-state index in [0.717, 1.165) is 24.9 Å². The van der Waals surface area contributed by atoms with Crippen LogP contribution in [0.25, 0.3) is 0 Å². The van der Waals surface area contributed by atoms with E-state index in [1.807, 2.05) is 0 Å². The monoisotopic (exact) mass is 265 g/mol. The van der Waals surface area contributed by atoms with E-state index in [-0.39, 0.29) is 16.8 Å². The quantitative estimate of drug-likeness (QED) is 0.881. The first kappa shape index (κ1) is 12.5. The van der Waals surface area contributed by atoms with Gasteiger partial charge in [-0.15, -0.1) is 13.2 Å². The fraction of sp³-hybridized carbons (Fsp3) is 0.455. The molecule has 0 aromatic heterocycles. The van der Waals surface area contributed by atoms with Crippen LogP contribution in [0.3, 0.4) is 0 Å². The lowest BCUT2D eigenvalue weighted by Crippen LogP contribution is -2.18. The normalized spacial score (nSPS) is 20.6. The summed E-state index contributed by atoms with van der Waals surface area (Å²) in [6, 6.07) is 4.56. The van der Waals surface area contributed by atoms with Gasteiger partial charge in [0.1, 0.15) is 5.75 Å². The summed E-state index contributed by atoms with van der Waals surface area (Å²) in [5.74, 6) is -0.360. The van der Waals surface area contributed by atoms with Crippen molar-refractivity contribution in [1.29, 1.82) is 0 Å². The fourth-order valence-electron chi connectivity index (χ4n) is 1.91. The predicted octanol–water partition coefficient (Wildman–Crippen LogP) is 3.66. The number of alkyl halides is 3. The highest BCUT2D eigenvalue weighted by Crippen LogP contribution is 2.33. The Balaban J connectivity index is 2.16. The Hall–Kier alpha value is -0.940. The Morgan fingerprint density at radius 1 is 1.35 bits per heavy atom. The van der Waals surface area contributed by atoms with Gasteiger partial charge in [0.2, 0.25) is 0 Å². The average Bonchev–Trinajstić information content (AvgIpc) is 2.72.